The van der Waals surface area contributed by atoms with Gasteiger partial charge in [0.05, 0.1) is 18.5 Å². The first kappa shape index (κ1) is 17.2. The zero-order chi connectivity index (χ0) is 13.2. The van der Waals surface area contributed by atoms with Gasteiger partial charge in [0.25, 0.3) is 0 Å². The molecule has 0 spiro atoms. The lowest BCUT2D eigenvalue weighted by molar-refractivity contribution is 0.0906. The Labute approximate surface area is 122 Å². The van der Waals surface area contributed by atoms with Crippen molar-refractivity contribution in [2.24, 2.45) is 0 Å². The zero-order valence-electron chi connectivity index (χ0n) is 11.7. The van der Waals surface area contributed by atoms with Crippen LogP contribution in [0.3, 0.4) is 0 Å². The fourth-order valence-corrected chi connectivity index (χ4v) is 4.04. The van der Waals surface area contributed by atoms with Crippen molar-refractivity contribution in [3.63, 3.8) is 0 Å². The van der Waals surface area contributed by atoms with E-state index in [9.17, 15) is 8.42 Å². The largest absolute Gasteiger partial charge is 0.378 e. The van der Waals surface area contributed by atoms with Gasteiger partial charge in [-0.1, -0.05) is 0 Å². The molecule has 2 fully saturated rings. The van der Waals surface area contributed by atoms with Gasteiger partial charge in [0.2, 0.25) is 10.0 Å². The smallest absolute Gasteiger partial charge is 0.216 e. The molecule has 0 radical (unpaired) electrons. The topological polar surface area (TPSA) is 58.6 Å². The Morgan fingerprint density at radius 3 is 2.63 bits per heavy atom. The molecule has 2 atom stereocenters. The van der Waals surface area contributed by atoms with Crippen molar-refractivity contribution >= 4 is 22.4 Å². The Morgan fingerprint density at radius 1 is 1.26 bits per heavy atom. The molecule has 19 heavy (non-hydrogen) atoms. The summed E-state index contributed by atoms with van der Waals surface area (Å²) in [4.78, 5) is 0. The Kier molecular flexibility index (Phi) is 6.53. The number of nitrogens with one attached hydrogen (secondary N) is 1. The van der Waals surface area contributed by atoms with E-state index in [4.69, 9.17) is 4.74 Å². The van der Waals surface area contributed by atoms with Crippen molar-refractivity contribution in [2.75, 3.05) is 25.4 Å². The van der Waals surface area contributed by atoms with Crippen LogP contribution in [0.1, 0.15) is 33.1 Å². The molecule has 2 heterocycles. The summed E-state index contributed by atoms with van der Waals surface area (Å²) < 4.78 is 31.4. The number of rotatable bonds is 5. The third kappa shape index (κ3) is 4.86. The van der Waals surface area contributed by atoms with Crippen LogP contribution in [0.5, 0.6) is 0 Å². The highest BCUT2D eigenvalue weighted by Crippen LogP contribution is 2.22. The summed E-state index contributed by atoms with van der Waals surface area (Å²) in [5.74, 6) is 0.0998. The zero-order valence-corrected chi connectivity index (χ0v) is 13.3. The molecule has 2 bridgehead atoms. The minimum atomic E-state index is -3.16. The molecule has 5 nitrogen and oxygen atoms in total. The molecule has 0 aromatic rings. The molecule has 2 rings (SSSR count). The monoisotopic (exact) mass is 312 g/mol. The van der Waals surface area contributed by atoms with E-state index in [0.717, 1.165) is 12.8 Å². The van der Waals surface area contributed by atoms with Crippen molar-refractivity contribution in [3.8, 4) is 0 Å². The first-order chi connectivity index (χ1) is 8.47. The van der Waals surface area contributed by atoms with Crippen LogP contribution in [0, 0.1) is 0 Å². The fourth-order valence-electron chi connectivity index (χ4n) is 2.68. The minimum Gasteiger partial charge on any atom is -0.378 e. The van der Waals surface area contributed by atoms with Crippen LogP contribution in [0.2, 0.25) is 0 Å². The SMILES string of the molecule is CC(C)OCCS(=O)(=O)N1CCC2CCC(C1)N2.Cl. The van der Waals surface area contributed by atoms with E-state index in [-0.39, 0.29) is 30.9 Å². The van der Waals surface area contributed by atoms with Gasteiger partial charge in [-0.05, 0) is 33.1 Å². The molecular weight excluding hydrogens is 288 g/mol. The normalized spacial score (nSPS) is 28.2. The lowest BCUT2D eigenvalue weighted by Crippen LogP contribution is -2.40. The van der Waals surface area contributed by atoms with E-state index in [1.807, 2.05) is 13.8 Å². The van der Waals surface area contributed by atoms with Crippen molar-refractivity contribution < 1.29 is 13.2 Å². The Balaban J connectivity index is 0.00000180. The Bertz CT molecular complexity index is 375. The summed E-state index contributed by atoms with van der Waals surface area (Å²) in [6.07, 6.45) is 3.30. The Morgan fingerprint density at radius 2 is 1.95 bits per heavy atom. The first-order valence-corrected chi connectivity index (χ1v) is 8.44. The summed E-state index contributed by atoms with van der Waals surface area (Å²) in [5, 5.41) is 3.49. The highest BCUT2D eigenvalue weighted by atomic mass is 35.5. The first-order valence-electron chi connectivity index (χ1n) is 6.83. The second-order valence-electron chi connectivity index (χ2n) is 5.52. The van der Waals surface area contributed by atoms with Crippen LogP contribution in [0.25, 0.3) is 0 Å². The molecule has 2 aliphatic heterocycles. The van der Waals surface area contributed by atoms with Gasteiger partial charge in [-0.3, -0.25) is 0 Å². The van der Waals surface area contributed by atoms with Gasteiger partial charge >= 0.3 is 0 Å². The lowest BCUT2D eigenvalue weighted by Gasteiger charge is -2.23. The van der Waals surface area contributed by atoms with Crippen molar-refractivity contribution in [1.29, 1.82) is 0 Å². The maximum atomic E-state index is 12.2. The van der Waals surface area contributed by atoms with Crippen LogP contribution >= 0.6 is 12.4 Å². The summed E-state index contributed by atoms with van der Waals surface area (Å²) in [6.45, 7) is 5.40. The van der Waals surface area contributed by atoms with Crippen LogP contribution in [-0.2, 0) is 14.8 Å². The molecule has 114 valence electrons. The van der Waals surface area contributed by atoms with Gasteiger partial charge < -0.3 is 10.1 Å². The van der Waals surface area contributed by atoms with Crippen molar-refractivity contribution in [2.45, 2.75) is 51.3 Å². The number of hydrogen-bond acceptors (Lipinski definition) is 4. The molecule has 0 aliphatic carbocycles. The lowest BCUT2D eigenvalue weighted by atomic mass is 10.1. The third-order valence-electron chi connectivity index (χ3n) is 3.67. The number of halogens is 1. The number of nitrogens with zero attached hydrogens (tertiary/aromatic N) is 1. The summed E-state index contributed by atoms with van der Waals surface area (Å²) in [6, 6.07) is 0.861. The van der Waals surface area contributed by atoms with E-state index in [2.05, 4.69) is 5.32 Å². The molecule has 2 saturated heterocycles. The molecule has 1 N–H and O–H groups in total. The molecule has 0 aromatic carbocycles. The van der Waals surface area contributed by atoms with Crippen molar-refractivity contribution in [3.05, 3.63) is 0 Å². The molecular formula is C12H25ClN2O3S. The van der Waals surface area contributed by atoms with E-state index in [1.165, 1.54) is 6.42 Å². The summed E-state index contributed by atoms with van der Waals surface area (Å²) in [7, 11) is -3.16. The number of sulfonamides is 1. The second kappa shape index (κ2) is 7.22. The predicted molar refractivity (Wildman–Crippen MR) is 78.3 cm³/mol. The molecule has 0 aromatic heterocycles. The van der Waals surface area contributed by atoms with Crippen LogP contribution < -0.4 is 5.32 Å². The number of fused-ring (bicyclic) bond motifs is 2. The van der Waals surface area contributed by atoms with Gasteiger partial charge in [0.1, 0.15) is 0 Å². The number of hydrogen-bond donors (Lipinski definition) is 1. The highest BCUT2D eigenvalue weighted by molar-refractivity contribution is 7.89. The molecule has 0 amide bonds. The fraction of sp³-hybridized carbons (Fsp3) is 1.00. The van der Waals surface area contributed by atoms with Crippen molar-refractivity contribution in [1.82, 2.24) is 9.62 Å². The average Bonchev–Trinajstić information content (AvgIpc) is 2.56. The van der Waals surface area contributed by atoms with Gasteiger partial charge in [0, 0.05) is 25.2 Å². The van der Waals surface area contributed by atoms with Gasteiger partial charge in [-0.25, -0.2) is 12.7 Å². The quantitative estimate of drug-likeness (QED) is 0.822. The molecule has 2 aliphatic rings. The van der Waals surface area contributed by atoms with Crippen LogP contribution in [-0.4, -0.2) is 56.4 Å². The third-order valence-corrected chi connectivity index (χ3v) is 5.47. The van der Waals surface area contributed by atoms with Gasteiger partial charge in [-0.15, -0.1) is 12.4 Å². The summed E-state index contributed by atoms with van der Waals surface area (Å²) >= 11 is 0. The summed E-state index contributed by atoms with van der Waals surface area (Å²) in [5.41, 5.74) is 0. The standard InChI is InChI=1S/C12H24N2O3S.ClH/c1-10(2)17-7-8-18(15,16)14-6-5-11-3-4-12(9-14)13-11;/h10-13H,3-9H2,1-2H3;1H. The second-order valence-corrected chi connectivity index (χ2v) is 7.61. The van der Waals surface area contributed by atoms with Crippen LogP contribution in [0.15, 0.2) is 0 Å². The highest BCUT2D eigenvalue weighted by Gasteiger charge is 2.33. The molecule has 7 heteroatoms. The molecule has 2 unspecified atom stereocenters. The average molecular weight is 313 g/mol. The van der Waals surface area contributed by atoms with E-state index in [0.29, 0.717) is 25.2 Å². The Hall–Kier alpha value is 0.120. The predicted octanol–water partition coefficient (Wildman–Crippen LogP) is 0.989. The van der Waals surface area contributed by atoms with E-state index < -0.39 is 10.0 Å². The van der Waals surface area contributed by atoms with E-state index in [1.54, 1.807) is 4.31 Å². The molecule has 0 saturated carbocycles. The van der Waals surface area contributed by atoms with Crippen LogP contribution in [0.4, 0.5) is 0 Å². The van der Waals surface area contributed by atoms with Gasteiger partial charge in [-0.2, -0.15) is 0 Å². The minimum absolute atomic E-state index is 0. The maximum Gasteiger partial charge on any atom is 0.216 e. The number of ether oxygens (including phenoxy) is 1. The van der Waals surface area contributed by atoms with E-state index >= 15 is 0 Å². The maximum absolute atomic E-state index is 12.2. The van der Waals surface area contributed by atoms with Gasteiger partial charge in [0.15, 0.2) is 0 Å².